The number of esters is 1. The van der Waals surface area contributed by atoms with E-state index in [-0.39, 0.29) is 25.0 Å². The first-order chi connectivity index (χ1) is 30.5. The van der Waals surface area contributed by atoms with Crippen LogP contribution in [-0.2, 0) is 27.5 Å². The van der Waals surface area contributed by atoms with Gasteiger partial charge < -0.3 is 30.3 Å². The van der Waals surface area contributed by atoms with Gasteiger partial charge in [0, 0.05) is 59.6 Å². The van der Waals surface area contributed by atoms with Gasteiger partial charge in [0.05, 0.1) is 13.2 Å². The molecule has 0 aliphatic carbocycles. The third-order valence-corrected chi connectivity index (χ3v) is 11.3. The Hall–Kier alpha value is -5.52. The number of carbonyl (C=O) groups excluding carboxylic acids is 1. The maximum Gasteiger partial charge on any atom is 0.349 e. The van der Waals surface area contributed by atoms with E-state index in [9.17, 15) is 30.0 Å². The molecule has 0 bridgehead atoms. The Morgan fingerprint density at radius 1 is 0.516 bits per heavy atom. The summed E-state index contributed by atoms with van der Waals surface area (Å²) in [5, 5.41) is 48.7. The molecule has 0 aliphatic rings. The molecule has 0 aliphatic heterocycles. The predicted molar refractivity (Wildman–Crippen MR) is 256 cm³/mol. The van der Waals surface area contributed by atoms with Crippen LogP contribution in [0.5, 0.6) is 11.5 Å². The molecule has 5 N–H and O–H groups in total. The van der Waals surface area contributed by atoms with E-state index in [1.54, 1.807) is 54.6 Å². The zero-order valence-electron chi connectivity index (χ0n) is 39.3. The van der Waals surface area contributed by atoms with Crippen LogP contribution in [0.1, 0.15) is 132 Å². The van der Waals surface area contributed by atoms with Crippen molar-refractivity contribution in [1.82, 2.24) is 9.80 Å². The van der Waals surface area contributed by atoms with E-state index in [0.29, 0.717) is 41.2 Å². The van der Waals surface area contributed by atoms with Crippen LogP contribution in [-0.4, -0.2) is 84.5 Å². The first-order valence-electron chi connectivity index (χ1n) is 22.4. The van der Waals surface area contributed by atoms with Crippen molar-refractivity contribution in [3.05, 3.63) is 166 Å². The highest BCUT2D eigenvalue weighted by molar-refractivity contribution is 5.78. The maximum atomic E-state index is 10.8. The fraction of sp³-hybridized carbons (Fsp3) is 0.407. The quantitative estimate of drug-likeness (QED) is 0.0507. The van der Waals surface area contributed by atoms with Crippen LogP contribution in [0.15, 0.2) is 127 Å². The fourth-order valence-electron chi connectivity index (χ4n) is 8.17. The molecule has 0 radical (unpaired) electrons. The number of aliphatic hydroxyl groups is 2. The summed E-state index contributed by atoms with van der Waals surface area (Å²) in [6.07, 6.45) is 0.625. The van der Waals surface area contributed by atoms with Crippen molar-refractivity contribution in [2.24, 2.45) is 0 Å². The SMILES string of the molecule is CC(=O)O[C@@H](C(=O)O)c1ccccc1.CC(C)N(CCC(c1ccccc1)c1cc(CO)ccc1O)C(C)C.CC(C)N(CC[C@H](c1ccccc1)c1cc(CO)ccc1O)C(C)C. The average molecular weight is 877 g/mol. The van der Waals surface area contributed by atoms with Crippen LogP contribution >= 0.6 is 0 Å². The molecular formula is C54H72N2O8. The van der Waals surface area contributed by atoms with Crippen molar-refractivity contribution in [2.45, 2.75) is 130 Å². The number of carboxylic acids is 1. The molecule has 0 saturated carbocycles. The summed E-state index contributed by atoms with van der Waals surface area (Å²) in [7, 11) is 0. The standard InChI is InChI=1S/2C22H31NO2.C10H10O4/c2*1-16(2)23(17(3)4)13-12-20(19-8-6-5-7-9-19)21-14-18(15-24)10-11-22(21)25;1-7(11)14-9(10(12)13)8-5-3-2-4-6-8/h2*5-11,14,16-17,20,24-25H,12-13,15H2,1-4H3;2-6,9H,1H3,(H,12,13)/t20-;;9-/m1.1/s1. The highest BCUT2D eigenvalue weighted by atomic mass is 16.6. The minimum Gasteiger partial charge on any atom is -0.508 e. The predicted octanol–water partition coefficient (Wildman–Crippen LogP) is 10.4. The first-order valence-corrected chi connectivity index (χ1v) is 22.4. The Morgan fingerprint density at radius 3 is 1.12 bits per heavy atom. The fourth-order valence-corrected chi connectivity index (χ4v) is 8.17. The van der Waals surface area contributed by atoms with Crippen LogP contribution < -0.4 is 0 Å². The third kappa shape index (κ3) is 16.6. The lowest BCUT2D eigenvalue weighted by Crippen LogP contribution is -2.38. The van der Waals surface area contributed by atoms with E-state index >= 15 is 0 Å². The maximum absolute atomic E-state index is 10.8. The van der Waals surface area contributed by atoms with E-state index in [2.05, 4.69) is 94.2 Å². The molecule has 0 amide bonds. The van der Waals surface area contributed by atoms with Crippen LogP contribution in [0.3, 0.4) is 0 Å². The van der Waals surface area contributed by atoms with Crippen molar-refractivity contribution in [1.29, 1.82) is 0 Å². The van der Waals surface area contributed by atoms with E-state index in [0.717, 1.165) is 48.2 Å². The third-order valence-electron chi connectivity index (χ3n) is 11.3. The minimum atomic E-state index is -1.21. The Balaban J connectivity index is 0.000000266. The normalized spacial score (nSPS) is 12.7. The largest absolute Gasteiger partial charge is 0.508 e. The summed E-state index contributed by atoms with van der Waals surface area (Å²) in [6, 6.07) is 41.7. The summed E-state index contributed by atoms with van der Waals surface area (Å²) < 4.78 is 4.66. The molecule has 0 saturated heterocycles. The lowest BCUT2D eigenvalue weighted by Gasteiger charge is -2.32. The summed E-state index contributed by atoms with van der Waals surface area (Å²) in [5.41, 5.74) is 6.29. The number of benzene rings is 5. The number of phenolic OH excluding ortho intramolecular Hbond substituents is 2. The van der Waals surface area contributed by atoms with E-state index < -0.39 is 18.0 Å². The van der Waals surface area contributed by atoms with Crippen molar-refractivity contribution < 1.29 is 39.9 Å². The van der Waals surface area contributed by atoms with Gasteiger partial charge >= 0.3 is 11.9 Å². The molecule has 1 unspecified atom stereocenters. The van der Waals surface area contributed by atoms with Gasteiger partial charge in [-0.3, -0.25) is 14.6 Å². The molecule has 0 spiro atoms. The molecule has 5 aromatic carbocycles. The number of ether oxygens (including phenoxy) is 1. The first kappa shape index (κ1) is 52.8. The number of carboxylic acid groups (broad SMARTS) is 1. The van der Waals surface area contributed by atoms with Gasteiger partial charge in [0.15, 0.2) is 0 Å². The van der Waals surface area contributed by atoms with E-state index in [1.807, 2.05) is 48.5 Å². The van der Waals surface area contributed by atoms with Gasteiger partial charge in [0.25, 0.3) is 0 Å². The molecule has 3 atom stereocenters. The number of carbonyl (C=O) groups is 2. The number of phenols is 2. The highest BCUT2D eigenvalue weighted by Crippen LogP contribution is 2.36. The number of aromatic hydroxyl groups is 2. The molecule has 5 rings (SSSR count). The van der Waals surface area contributed by atoms with Crippen molar-refractivity contribution in [3.63, 3.8) is 0 Å². The van der Waals surface area contributed by atoms with Gasteiger partial charge in [-0.1, -0.05) is 103 Å². The Bertz CT molecular complexity index is 1980. The van der Waals surface area contributed by atoms with Crippen molar-refractivity contribution >= 4 is 11.9 Å². The van der Waals surface area contributed by atoms with Gasteiger partial charge in [0.1, 0.15) is 11.5 Å². The number of hydrogen-bond acceptors (Lipinski definition) is 9. The van der Waals surface area contributed by atoms with E-state index in [4.69, 9.17) is 5.11 Å². The molecule has 64 heavy (non-hydrogen) atoms. The van der Waals surface area contributed by atoms with Crippen LogP contribution in [0.25, 0.3) is 0 Å². The lowest BCUT2D eigenvalue weighted by molar-refractivity contribution is -0.163. The molecule has 5 aromatic rings. The second-order valence-corrected chi connectivity index (χ2v) is 17.2. The summed E-state index contributed by atoms with van der Waals surface area (Å²) >= 11 is 0. The zero-order chi connectivity index (χ0) is 47.3. The van der Waals surface area contributed by atoms with Gasteiger partial charge in [-0.25, -0.2) is 4.79 Å². The number of rotatable bonds is 19. The Morgan fingerprint density at radius 2 is 0.844 bits per heavy atom. The number of hydrogen-bond donors (Lipinski definition) is 5. The van der Waals surface area contributed by atoms with Gasteiger partial charge in [0.2, 0.25) is 6.10 Å². The summed E-state index contributed by atoms with van der Waals surface area (Å²) in [4.78, 5) is 26.4. The average Bonchev–Trinajstić information content (AvgIpc) is 3.27. The molecule has 10 heteroatoms. The van der Waals surface area contributed by atoms with Crippen LogP contribution in [0.2, 0.25) is 0 Å². The zero-order valence-corrected chi connectivity index (χ0v) is 39.3. The molecule has 0 fully saturated rings. The topological polar surface area (TPSA) is 151 Å². The van der Waals surface area contributed by atoms with Crippen LogP contribution in [0.4, 0.5) is 0 Å². The lowest BCUT2D eigenvalue weighted by atomic mass is 9.86. The molecule has 10 nitrogen and oxygen atoms in total. The second kappa shape index (κ2) is 27.0. The molecule has 0 heterocycles. The molecule has 0 aromatic heterocycles. The molecular weight excluding hydrogens is 805 g/mol. The summed E-state index contributed by atoms with van der Waals surface area (Å²) in [6.45, 7) is 20.9. The van der Waals surface area contributed by atoms with E-state index in [1.165, 1.54) is 18.1 Å². The van der Waals surface area contributed by atoms with Crippen molar-refractivity contribution in [2.75, 3.05) is 13.1 Å². The Labute approximate surface area is 381 Å². The van der Waals surface area contributed by atoms with Gasteiger partial charge in [-0.2, -0.15) is 0 Å². The smallest absolute Gasteiger partial charge is 0.349 e. The minimum absolute atomic E-state index is 0.0150. The summed E-state index contributed by atoms with van der Waals surface area (Å²) in [5.74, 6) is -0.980. The van der Waals surface area contributed by atoms with Crippen molar-refractivity contribution in [3.8, 4) is 11.5 Å². The number of nitrogens with zero attached hydrogens (tertiary/aromatic N) is 2. The Kier molecular flexibility index (Phi) is 22.2. The van der Waals surface area contributed by atoms with Crippen LogP contribution in [0, 0.1) is 0 Å². The monoisotopic (exact) mass is 877 g/mol. The highest BCUT2D eigenvalue weighted by Gasteiger charge is 2.24. The second-order valence-electron chi connectivity index (χ2n) is 17.2. The number of aliphatic carboxylic acids is 1. The van der Waals surface area contributed by atoms with Gasteiger partial charge in [-0.05, 0) is 128 Å². The molecule has 346 valence electrons. The van der Waals surface area contributed by atoms with Gasteiger partial charge in [-0.15, -0.1) is 0 Å². The number of aliphatic hydroxyl groups excluding tert-OH is 2.